The van der Waals surface area contributed by atoms with Crippen LogP contribution in [-0.4, -0.2) is 19.9 Å². The van der Waals surface area contributed by atoms with Gasteiger partial charge in [0, 0.05) is 33.7 Å². The Morgan fingerprint density at radius 3 is 1.67 bits per heavy atom. The zero-order valence-electron chi connectivity index (χ0n) is 22.9. The summed E-state index contributed by atoms with van der Waals surface area (Å²) in [4.78, 5) is 19.8. The van der Waals surface area contributed by atoms with Crippen LogP contribution in [0, 0.1) is 0 Å². The highest BCUT2D eigenvalue weighted by Gasteiger charge is 2.19. The standard InChI is InChI=1S/C38H22N4O/c1-3-10-26-21-28(15-13-23(26)7-1)35-40-36(29-16-14-24-8-2-4-11-27(24)22-29)42-37(41-35)32-19-20-39-38-33(32)31-18-17-25-9-5-6-12-30(25)34(31)43-38/h1-22H. The number of furan rings is 1. The van der Waals surface area contributed by atoms with Crippen LogP contribution in [0.25, 0.3) is 88.5 Å². The molecule has 6 aromatic carbocycles. The number of fused-ring (bicyclic) bond motifs is 7. The molecule has 0 fully saturated rings. The Morgan fingerprint density at radius 2 is 1.00 bits per heavy atom. The molecule has 5 heteroatoms. The Morgan fingerprint density at radius 1 is 0.442 bits per heavy atom. The Bertz CT molecular complexity index is 2430. The Labute approximate surface area is 246 Å². The monoisotopic (exact) mass is 550 g/mol. The van der Waals surface area contributed by atoms with Crippen LogP contribution in [-0.2, 0) is 0 Å². The van der Waals surface area contributed by atoms with Gasteiger partial charge in [-0.2, -0.15) is 0 Å². The molecule has 9 rings (SSSR count). The van der Waals surface area contributed by atoms with Crippen molar-refractivity contribution in [1.29, 1.82) is 0 Å². The third kappa shape index (κ3) is 3.86. The number of rotatable bonds is 3. The number of nitrogens with zero attached hydrogens (tertiary/aromatic N) is 4. The second-order valence-corrected chi connectivity index (χ2v) is 10.7. The van der Waals surface area contributed by atoms with E-state index >= 15 is 0 Å². The van der Waals surface area contributed by atoms with Gasteiger partial charge in [-0.1, -0.05) is 103 Å². The van der Waals surface area contributed by atoms with Gasteiger partial charge >= 0.3 is 0 Å². The Kier molecular flexibility index (Phi) is 5.13. The molecule has 0 aliphatic heterocycles. The van der Waals surface area contributed by atoms with Gasteiger partial charge in [-0.3, -0.25) is 0 Å². The number of pyridine rings is 1. The van der Waals surface area contributed by atoms with E-state index in [1.807, 2.05) is 42.5 Å². The summed E-state index contributed by atoms with van der Waals surface area (Å²) in [6.45, 7) is 0. The van der Waals surface area contributed by atoms with Crippen molar-refractivity contribution in [3.63, 3.8) is 0 Å². The molecule has 9 aromatic rings. The van der Waals surface area contributed by atoms with Crippen molar-refractivity contribution < 1.29 is 4.42 Å². The van der Waals surface area contributed by atoms with E-state index in [-0.39, 0.29) is 0 Å². The molecule has 3 heterocycles. The van der Waals surface area contributed by atoms with E-state index in [4.69, 9.17) is 19.4 Å². The van der Waals surface area contributed by atoms with Crippen LogP contribution in [0.5, 0.6) is 0 Å². The van der Waals surface area contributed by atoms with Crippen molar-refractivity contribution in [2.24, 2.45) is 0 Å². The maximum atomic E-state index is 6.37. The molecule has 0 aliphatic rings. The fourth-order valence-electron chi connectivity index (χ4n) is 6.02. The van der Waals surface area contributed by atoms with Crippen LogP contribution in [0.15, 0.2) is 138 Å². The van der Waals surface area contributed by atoms with Crippen LogP contribution in [0.2, 0.25) is 0 Å². The van der Waals surface area contributed by atoms with Crippen molar-refractivity contribution in [1.82, 2.24) is 19.9 Å². The first-order valence-corrected chi connectivity index (χ1v) is 14.2. The van der Waals surface area contributed by atoms with Gasteiger partial charge in [-0.25, -0.2) is 19.9 Å². The van der Waals surface area contributed by atoms with E-state index in [2.05, 4.69) is 89.9 Å². The first-order chi connectivity index (χ1) is 21.3. The molecular weight excluding hydrogens is 528 g/mol. The predicted molar refractivity (Wildman–Crippen MR) is 174 cm³/mol. The van der Waals surface area contributed by atoms with Crippen molar-refractivity contribution >= 4 is 54.4 Å². The molecule has 0 N–H and O–H groups in total. The van der Waals surface area contributed by atoms with E-state index in [0.29, 0.717) is 23.2 Å². The lowest BCUT2D eigenvalue weighted by Crippen LogP contribution is -2.00. The van der Waals surface area contributed by atoms with E-state index < -0.39 is 0 Å². The van der Waals surface area contributed by atoms with Gasteiger partial charge in [-0.05, 0) is 51.2 Å². The van der Waals surface area contributed by atoms with Gasteiger partial charge in [0.1, 0.15) is 5.58 Å². The SMILES string of the molecule is c1ccc2cc(-c3nc(-c4ccc5ccccc5c4)nc(-c4ccnc5oc6c7ccccc7ccc6c45)n3)ccc2c1. The van der Waals surface area contributed by atoms with Crippen molar-refractivity contribution in [3.05, 3.63) is 134 Å². The van der Waals surface area contributed by atoms with Crippen LogP contribution in [0.1, 0.15) is 0 Å². The summed E-state index contributed by atoms with van der Waals surface area (Å²) in [5.74, 6) is 1.80. The topological polar surface area (TPSA) is 64.7 Å². The van der Waals surface area contributed by atoms with E-state index in [9.17, 15) is 0 Å². The zero-order valence-corrected chi connectivity index (χ0v) is 22.9. The molecule has 0 spiro atoms. The summed E-state index contributed by atoms with van der Waals surface area (Å²) in [7, 11) is 0. The minimum Gasteiger partial charge on any atom is -0.437 e. The highest BCUT2D eigenvalue weighted by atomic mass is 16.3. The van der Waals surface area contributed by atoms with Crippen molar-refractivity contribution in [2.45, 2.75) is 0 Å². The van der Waals surface area contributed by atoms with Crippen LogP contribution >= 0.6 is 0 Å². The van der Waals surface area contributed by atoms with Crippen LogP contribution in [0.3, 0.4) is 0 Å². The lowest BCUT2D eigenvalue weighted by molar-refractivity contribution is 0.657. The zero-order chi connectivity index (χ0) is 28.3. The third-order valence-electron chi connectivity index (χ3n) is 8.16. The maximum Gasteiger partial charge on any atom is 0.228 e. The van der Waals surface area contributed by atoms with Gasteiger partial charge in [0.05, 0.1) is 5.39 Å². The predicted octanol–water partition coefficient (Wildman–Crippen LogP) is 9.63. The molecule has 200 valence electrons. The van der Waals surface area contributed by atoms with Crippen molar-refractivity contribution in [3.8, 4) is 34.2 Å². The Balaban J connectivity index is 1.32. The molecule has 0 saturated carbocycles. The summed E-state index contributed by atoms with van der Waals surface area (Å²) in [6.07, 6.45) is 1.76. The number of benzene rings is 6. The smallest absolute Gasteiger partial charge is 0.228 e. The highest BCUT2D eigenvalue weighted by molar-refractivity contribution is 6.17. The minimum absolute atomic E-state index is 0.559. The minimum atomic E-state index is 0.559. The molecule has 3 aromatic heterocycles. The number of aromatic nitrogens is 4. The fourth-order valence-corrected chi connectivity index (χ4v) is 6.02. The molecule has 0 radical (unpaired) electrons. The molecule has 43 heavy (non-hydrogen) atoms. The van der Waals surface area contributed by atoms with Crippen LogP contribution in [0.4, 0.5) is 0 Å². The average Bonchev–Trinajstić information content (AvgIpc) is 3.47. The van der Waals surface area contributed by atoms with Gasteiger partial charge in [0.15, 0.2) is 17.5 Å². The molecule has 0 amide bonds. The van der Waals surface area contributed by atoms with Gasteiger partial charge in [0.25, 0.3) is 0 Å². The quantitative estimate of drug-likeness (QED) is 0.219. The highest BCUT2D eigenvalue weighted by Crippen LogP contribution is 2.38. The van der Waals surface area contributed by atoms with Gasteiger partial charge in [0.2, 0.25) is 5.71 Å². The number of hydrogen-bond donors (Lipinski definition) is 0. The summed E-state index contributed by atoms with van der Waals surface area (Å²) < 4.78 is 6.37. The average molecular weight is 551 g/mol. The van der Waals surface area contributed by atoms with Crippen molar-refractivity contribution in [2.75, 3.05) is 0 Å². The lowest BCUT2D eigenvalue weighted by Gasteiger charge is -2.10. The molecule has 0 bridgehead atoms. The van der Waals surface area contributed by atoms with E-state index in [0.717, 1.165) is 54.6 Å². The summed E-state index contributed by atoms with van der Waals surface area (Å²) >= 11 is 0. The van der Waals surface area contributed by atoms with Crippen LogP contribution < -0.4 is 0 Å². The molecule has 0 aliphatic carbocycles. The molecule has 0 saturated heterocycles. The largest absolute Gasteiger partial charge is 0.437 e. The third-order valence-corrected chi connectivity index (χ3v) is 8.16. The first kappa shape index (κ1) is 23.7. The lowest BCUT2D eigenvalue weighted by atomic mass is 10.0. The maximum absolute atomic E-state index is 6.37. The fraction of sp³-hybridized carbons (Fsp3) is 0. The molecule has 0 atom stereocenters. The van der Waals surface area contributed by atoms with E-state index in [1.54, 1.807) is 6.20 Å². The summed E-state index contributed by atoms with van der Waals surface area (Å²) in [5, 5.41) is 8.65. The first-order valence-electron chi connectivity index (χ1n) is 14.2. The summed E-state index contributed by atoms with van der Waals surface area (Å²) in [5.41, 5.74) is 4.08. The van der Waals surface area contributed by atoms with Gasteiger partial charge in [-0.15, -0.1) is 0 Å². The second kappa shape index (κ2) is 9.29. The number of hydrogen-bond acceptors (Lipinski definition) is 5. The molecule has 5 nitrogen and oxygen atoms in total. The van der Waals surface area contributed by atoms with Gasteiger partial charge < -0.3 is 4.42 Å². The normalized spacial score (nSPS) is 11.7. The van der Waals surface area contributed by atoms with E-state index in [1.165, 1.54) is 10.8 Å². The molecular formula is C38H22N4O. The molecule has 0 unspecified atom stereocenters. The Hall–Kier alpha value is -5.94. The second-order valence-electron chi connectivity index (χ2n) is 10.7. The summed E-state index contributed by atoms with van der Waals surface area (Å²) in [6, 6.07) is 43.7.